The van der Waals surface area contributed by atoms with Crippen LogP contribution in [0.15, 0.2) is 29.2 Å². The Morgan fingerprint density at radius 1 is 1.43 bits per heavy atom. The van der Waals surface area contributed by atoms with Gasteiger partial charge in [-0.3, -0.25) is 0 Å². The number of aliphatic hydroxyl groups excluding tert-OH is 1. The number of carbonyl (C=O) groups excluding carboxylic acids is 1. The molecular weight excluding hydrogens is 298 g/mol. The smallest absolute Gasteiger partial charge is 0.319 e. The molecule has 0 spiro atoms. The van der Waals surface area contributed by atoms with Crippen LogP contribution in [0.2, 0.25) is 0 Å². The fourth-order valence-corrected chi connectivity index (χ4v) is 2.71. The van der Waals surface area contributed by atoms with Crippen LogP contribution in [-0.2, 0) is 0 Å². The first-order valence-corrected chi connectivity index (χ1v) is 7.69. The van der Waals surface area contributed by atoms with Crippen molar-refractivity contribution < 1.29 is 18.7 Å². The minimum absolute atomic E-state index is 0.0297. The van der Waals surface area contributed by atoms with Gasteiger partial charge in [-0.2, -0.15) is 8.78 Å². The highest BCUT2D eigenvalue weighted by Crippen LogP contribution is 2.34. The monoisotopic (exact) mass is 316 g/mol. The zero-order valence-corrected chi connectivity index (χ0v) is 12.2. The molecule has 1 atom stereocenters. The van der Waals surface area contributed by atoms with Gasteiger partial charge in [0.15, 0.2) is 0 Å². The van der Waals surface area contributed by atoms with E-state index in [1.54, 1.807) is 18.2 Å². The lowest BCUT2D eigenvalue weighted by Gasteiger charge is -2.17. The van der Waals surface area contributed by atoms with E-state index in [1.807, 2.05) is 0 Å². The number of anilines is 1. The predicted octanol–water partition coefficient (Wildman–Crippen LogP) is 3.28. The number of rotatable bonds is 7. The van der Waals surface area contributed by atoms with Gasteiger partial charge in [0.05, 0.1) is 0 Å². The molecule has 1 aromatic rings. The maximum Gasteiger partial charge on any atom is 0.319 e. The maximum atomic E-state index is 12.3. The maximum absolute atomic E-state index is 12.3. The molecule has 7 heteroatoms. The van der Waals surface area contributed by atoms with Gasteiger partial charge in [0.2, 0.25) is 0 Å². The molecule has 2 rings (SSSR count). The second-order valence-corrected chi connectivity index (χ2v) is 6.02. The van der Waals surface area contributed by atoms with E-state index in [9.17, 15) is 13.6 Å². The zero-order chi connectivity index (χ0) is 15.2. The van der Waals surface area contributed by atoms with Crippen LogP contribution in [0.5, 0.6) is 0 Å². The lowest BCUT2D eigenvalue weighted by molar-refractivity contribution is 0.234. The molecular formula is C14H18F2N2O2S. The fourth-order valence-electron chi connectivity index (χ4n) is 2.15. The first kappa shape index (κ1) is 16.0. The summed E-state index contributed by atoms with van der Waals surface area (Å²) in [6.07, 6.45) is 2.65. The van der Waals surface area contributed by atoms with E-state index in [-0.39, 0.29) is 18.7 Å². The van der Waals surface area contributed by atoms with Crippen LogP contribution in [-0.4, -0.2) is 29.5 Å². The van der Waals surface area contributed by atoms with Crippen molar-refractivity contribution in [1.29, 1.82) is 0 Å². The number of hydrogen-bond acceptors (Lipinski definition) is 3. The predicted molar refractivity (Wildman–Crippen MR) is 78.7 cm³/mol. The van der Waals surface area contributed by atoms with Crippen molar-refractivity contribution in [2.45, 2.75) is 36.0 Å². The van der Waals surface area contributed by atoms with Gasteiger partial charge in [0.25, 0.3) is 5.76 Å². The molecule has 1 aromatic carbocycles. The summed E-state index contributed by atoms with van der Waals surface area (Å²) in [5, 5.41) is 14.5. The SMILES string of the molecule is O=C(Nc1cccc(SC(F)F)c1)NC(CCO)C1CC1. The van der Waals surface area contributed by atoms with Gasteiger partial charge in [-0.1, -0.05) is 17.8 Å². The Balaban J connectivity index is 1.89. The number of benzene rings is 1. The summed E-state index contributed by atoms with van der Waals surface area (Å²) in [7, 11) is 0. The molecule has 0 heterocycles. The topological polar surface area (TPSA) is 61.4 Å². The van der Waals surface area contributed by atoms with Crippen molar-refractivity contribution in [2.24, 2.45) is 5.92 Å². The molecule has 1 aliphatic carbocycles. The lowest BCUT2D eigenvalue weighted by atomic mass is 10.1. The summed E-state index contributed by atoms with van der Waals surface area (Å²) in [5.74, 6) is -2.05. The Labute approximate surface area is 126 Å². The molecule has 1 unspecified atom stereocenters. The number of amides is 2. The molecule has 4 nitrogen and oxygen atoms in total. The van der Waals surface area contributed by atoms with Crippen LogP contribution >= 0.6 is 11.8 Å². The van der Waals surface area contributed by atoms with Gasteiger partial charge in [0, 0.05) is 23.2 Å². The number of urea groups is 1. The molecule has 0 aromatic heterocycles. The normalized spacial score (nSPS) is 15.8. The van der Waals surface area contributed by atoms with Crippen molar-refractivity contribution in [1.82, 2.24) is 5.32 Å². The quantitative estimate of drug-likeness (QED) is 0.677. The van der Waals surface area contributed by atoms with Crippen molar-refractivity contribution in [3.63, 3.8) is 0 Å². The number of aliphatic hydroxyl groups is 1. The van der Waals surface area contributed by atoms with Crippen molar-refractivity contribution >= 4 is 23.5 Å². The van der Waals surface area contributed by atoms with E-state index in [4.69, 9.17) is 5.11 Å². The number of halogens is 2. The number of alkyl halides is 2. The summed E-state index contributed by atoms with van der Waals surface area (Å²) in [4.78, 5) is 12.3. The number of carbonyl (C=O) groups is 1. The first-order chi connectivity index (χ1) is 10.1. The van der Waals surface area contributed by atoms with Crippen molar-refractivity contribution in [3.05, 3.63) is 24.3 Å². The molecule has 1 fully saturated rings. The van der Waals surface area contributed by atoms with E-state index < -0.39 is 5.76 Å². The molecule has 0 saturated heterocycles. The van der Waals surface area contributed by atoms with E-state index in [0.717, 1.165) is 12.8 Å². The third-order valence-corrected chi connectivity index (χ3v) is 3.97. The molecule has 116 valence electrons. The Morgan fingerprint density at radius 3 is 2.81 bits per heavy atom. The summed E-state index contributed by atoms with van der Waals surface area (Å²) in [6.45, 7) is 0.0297. The van der Waals surface area contributed by atoms with Crippen LogP contribution in [0.1, 0.15) is 19.3 Å². The summed E-state index contributed by atoms with van der Waals surface area (Å²) in [6, 6.07) is 5.93. The van der Waals surface area contributed by atoms with Gasteiger partial charge in [-0.15, -0.1) is 0 Å². The molecule has 1 saturated carbocycles. The minimum Gasteiger partial charge on any atom is -0.396 e. The summed E-state index contributed by atoms with van der Waals surface area (Å²) < 4.78 is 24.6. The largest absolute Gasteiger partial charge is 0.396 e. The number of hydrogen-bond donors (Lipinski definition) is 3. The highest BCUT2D eigenvalue weighted by atomic mass is 32.2. The summed E-state index contributed by atoms with van der Waals surface area (Å²) >= 11 is 0.439. The van der Waals surface area contributed by atoms with Crippen LogP contribution in [0.3, 0.4) is 0 Å². The van der Waals surface area contributed by atoms with Crippen LogP contribution in [0, 0.1) is 5.92 Å². The number of thioether (sulfide) groups is 1. The van der Waals surface area contributed by atoms with E-state index in [0.29, 0.717) is 34.7 Å². The number of nitrogens with one attached hydrogen (secondary N) is 2. The Kier molecular flexibility index (Phi) is 5.81. The van der Waals surface area contributed by atoms with Crippen molar-refractivity contribution in [3.8, 4) is 0 Å². The molecule has 3 N–H and O–H groups in total. The van der Waals surface area contributed by atoms with E-state index in [1.165, 1.54) is 6.07 Å². The van der Waals surface area contributed by atoms with Gasteiger partial charge in [-0.05, 0) is 43.4 Å². The fraction of sp³-hybridized carbons (Fsp3) is 0.500. The minimum atomic E-state index is -2.49. The van der Waals surface area contributed by atoms with Gasteiger partial charge in [-0.25, -0.2) is 4.79 Å². The van der Waals surface area contributed by atoms with E-state index in [2.05, 4.69) is 10.6 Å². The van der Waals surface area contributed by atoms with Crippen LogP contribution in [0.4, 0.5) is 19.3 Å². The van der Waals surface area contributed by atoms with Crippen molar-refractivity contribution in [2.75, 3.05) is 11.9 Å². The summed E-state index contributed by atoms with van der Waals surface area (Å²) in [5.41, 5.74) is 0.469. The third-order valence-electron chi connectivity index (χ3n) is 3.26. The Bertz CT molecular complexity index is 484. The second-order valence-electron chi connectivity index (χ2n) is 4.96. The molecule has 0 aliphatic heterocycles. The average molecular weight is 316 g/mol. The second kappa shape index (κ2) is 7.61. The van der Waals surface area contributed by atoms with Crippen LogP contribution in [0.25, 0.3) is 0 Å². The third kappa shape index (κ3) is 5.51. The standard InChI is InChI=1S/C14H18F2N2O2S/c15-13(16)21-11-3-1-2-10(8-11)17-14(20)18-12(6-7-19)9-4-5-9/h1-3,8-9,12-13,19H,4-7H2,(H2,17,18,20). The van der Waals surface area contributed by atoms with Gasteiger partial charge >= 0.3 is 6.03 Å². The van der Waals surface area contributed by atoms with Gasteiger partial charge in [0.1, 0.15) is 0 Å². The lowest BCUT2D eigenvalue weighted by Crippen LogP contribution is -2.39. The molecule has 0 bridgehead atoms. The average Bonchev–Trinajstić information content (AvgIpc) is 3.22. The van der Waals surface area contributed by atoms with E-state index >= 15 is 0 Å². The highest BCUT2D eigenvalue weighted by molar-refractivity contribution is 7.99. The highest BCUT2D eigenvalue weighted by Gasteiger charge is 2.31. The Hall–Kier alpha value is -1.34. The molecule has 21 heavy (non-hydrogen) atoms. The zero-order valence-electron chi connectivity index (χ0n) is 11.4. The molecule has 2 amide bonds. The van der Waals surface area contributed by atoms with Crippen LogP contribution < -0.4 is 10.6 Å². The molecule has 0 radical (unpaired) electrons. The Morgan fingerprint density at radius 2 is 2.19 bits per heavy atom. The molecule has 1 aliphatic rings. The first-order valence-electron chi connectivity index (χ1n) is 6.81. The van der Waals surface area contributed by atoms with Gasteiger partial charge < -0.3 is 15.7 Å².